The number of carboxylic acids is 1. The molecule has 0 heterocycles. The molecule has 1 aliphatic rings. The maximum atomic E-state index is 11.8. The number of carboxylic acid groups (broad SMARTS) is 1. The van der Waals surface area contributed by atoms with Gasteiger partial charge in [-0.2, -0.15) is 0 Å². The average molecular weight is 227 g/mol. The van der Waals surface area contributed by atoms with Gasteiger partial charge in [0.2, 0.25) is 5.91 Å². The first-order valence-electron chi connectivity index (χ1n) is 5.82. The Morgan fingerprint density at radius 3 is 2.31 bits per heavy atom. The van der Waals surface area contributed by atoms with Gasteiger partial charge in [0.15, 0.2) is 0 Å². The molecule has 1 saturated carbocycles. The molecule has 0 aromatic rings. The smallest absolute Gasteiger partial charge is 0.307 e. The Bertz CT molecular complexity index is 299. The van der Waals surface area contributed by atoms with Gasteiger partial charge in [0.1, 0.15) is 0 Å². The second kappa shape index (κ2) is 4.44. The van der Waals surface area contributed by atoms with Gasteiger partial charge in [0.05, 0.1) is 11.8 Å². The summed E-state index contributed by atoms with van der Waals surface area (Å²) in [6.07, 6.45) is 1.01. The van der Waals surface area contributed by atoms with Gasteiger partial charge in [-0.15, -0.1) is 0 Å². The topological polar surface area (TPSA) is 66.4 Å². The molecule has 4 heteroatoms. The van der Waals surface area contributed by atoms with Gasteiger partial charge in [-0.05, 0) is 11.3 Å². The molecule has 0 saturated heterocycles. The molecule has 3 atom stereocenters. The molecule has 0 aliphatic heterocycles. The summed E-state index contributed by atoms with van der Waals surface area (Å²) in [7, 11) is 0. The lowest BCUT2D eigenvalue weighted by Gasteiger charge is -2.10. The molecule has 0 spiro atoms. The highest BCUT2D eigenvalue weighted by Crippen LogP contribution is 2.58. The van der Waals surface area contributed by atoms with Crippen molar-refractivity contribution in [2.24, 2.45) is 23.2 Å². The van der Waals surface area contributed by atoms with Crippen molar-refractivity contribution in [3.05, 3.63) is 0 Å². The van der Waals surface area contributed by atoms with E-state index >= 15 is 0 Å². The molecular weight excluding hydrogens is 206 g/mol. The summed E-state index contributed by atoms with van der Waals surface area (Å²) < 4.78 is 0. The molecule has 1 fully saturated rings. The van der Waals surface area contributed by atoms with E-state index in [1.54, 1.807) is 0 Å². The van der Waals surface area contributed by atoms with Gasteiger partial charge >= 0.3 is 5.97 Å². The second-order valence-corrected chi connectivity index (χ2v) is 5.37. The van der Waals surface area contributed by atoms with Crippen molar-refractivity contribution in [2.75, 3.05) is 6.54 Å². The fourth-order valence-electron chi connectivity index (χ4n) is 2.12. The van der Waals surface area contributed by atoms with Gasteiger partial charge in [0.25, 0.3) is 0 Å². The van der Waals surface area contributed by atoms with Crippen molar-refractivity contribution in [3.63, 3.8) is 0 Å². The van der Waals surface area contributed by atoms with Gasteiger partial charge in [-0.3, -0.25) is 9.59 Å². The van der Waals surface area contributed by atoms with Crippen LogP contribution < -0.4 is 5.32 Å². The molecule has 1 aliphatic carbocycles. The van der Waals surface area contributed by atoms with Crippen molar-refractivity contribution < 1.29 is 14.7 Å². The summed E-state index contributed by atoms with van der Waals surface area (Å²) in [5, 5.41) is 11.8. The van der Waals surface area contributed by atoms with E-state index in [0.29, 0.717) is 12.5 Å². The monoisotopic (exact) mass is 227 g/mol. The molecule has 1 unspecified atom stereocenters. The Balaban J connectivity index is 2.48. The van der Waals surface area contributed by atoms with Crippen LogP contribution in [0.1, 0.15) is 34.1 Å². The van der Waals surface area contributed by atoms with Crippen molar-refractivity contribution in [1.82, 2.24) is 5.32 Å². The zero-order chi connectivity index (χ0) is 12.5. The fraction of sp³-hybridized carbons (Fsp3) is 0.833. The number of carbonyl (C=O) groups is 2. The number of carbonyl (C=O) groups excluding carboxylic acids is 1. The zero-order valence-electron chi connectivity index (χ0n) is 10.4. The molecule has 0 aromatic carbocycles. The lowest BCUT2D eigenvalue weighted by molar-refractivity contribution is -0.140. The number of hydrogen-bond donors (Lipinski definition) is 2. The minimum absolute atomic E-state index is 0.113. The third-order valence-corrected chi connectivity index (χ3v) is 3.70. The maximum Gasteiger partial charge on any atom is 0.307 e. The maximum absolute atomic E-state index is 11.8. The first-order chi connectivity index (χ1) is 7.32. The van der Waals surface area contributed by atoms with Crippen LogP contribution in [-0.4, -0.2) is 23.5 Å². The highest BCUT2D eigenvalue weighted by Gasteiger charge is 2.65. The Labute approximate surface area is 96.4 Å². The predicted molar refractivity (Wildman–Crippen MR) is 60.9 cm³/mol. The van der Waals surface area contributed by atoms with Crippen LogP contribution >= 0.6 is 0 Å². The molecule has 1 amide bonds. The van der Waals surface area contributed by atoms with E-state index in [1.165, 1.54) is 0 Å². The number of nitrogens with one attached hydrogen (secondary N) is 1. The van der Waals surface area contributed by atoms with Gasteiger partial charge < -0.3 is 10.4 Å². The Morgan fingerprint density at radius 1 is 1.38 bits per heavy atom. The molecule has 0 aromatic heterocycles. The van der Waals surface area contributed by atoms with Gasteiger partial charge in [-0.1, -0.05) is 34.1 Å². The third kappa shape index (κ3) is 2.36. The number of hydrogen-bond acceptors (Lipinski definition) is 2. The highest BCUT2D eigenvalue weighted by atomic mass is 16.4. The minimum Gasteiger partial charge on any atom is -0.481 e. The lowest BCUT2D eigenvalue weighted by atomic mass is 10.1. The quantitative estimate of drug-likeness (QED) is 0.748. The standard InChI is InChI=1S/C12H21NO3/c1-5-7(2)6-13-10(14)8-9(11(15)16)12(8,3)4/h7-9H,5-6H2,1-4H3,(H,13,14)(H,15,16)/t7?,8-,9+/m1/s1. The van der Waals surface area contributed by atoms with Crippen LogP contribution in [-0.2, 0) is 9.59 Å². The first kappa shape index (κ1) is 13.0. The van der Waals surface area contributed by atoms with E-state index in [2.05, 4.69) is 19.2 Å². The molecule has 0 bridgehead atoms. The van der Waals surface area contributed by atoms with Crippen molar-refractivity contribution in [2.45, 2.75) is 34.1 Å². The third-order valence-electron chi connectivity index (χ3n) is 3.70. The van der Waals surface area contributed by atoms with Crippen LogP contribution in [0.5, 0.6) is 0 Å². The molecule has 92 valence electrons. The molecule has 4 nitrogen and oxygen atoms in total. The average Bonchev–Trinajstić information content (AvgIpc) is 2.77. The summed E-state index contributed by atoms with van der Waals surface area (Å²) in [5.41, 5.74) is -0.397. The summed E-state index contributed by atoms with van der Waals surface area (Å²) in [5.74, 6) is -1.43. The van der Waals surface area contributed by atoms with E-state index in [4.69, 9.17) is 5.11 Å². The van der Waals surface area contributed by atoms with Crippen molar-refractivity contribution in [3.8, 4) is 0 Å². The summed E-state index contributed by atoms with van der Waals surface area (Å²) >= 11 is 0. The first-order valence-corrected chi connectivity index (χ1v) is 5.82. The second-order valence-electron chi connectivity index (χ2n) is 5.37. The normalized spacial score (nSPS) is 28.2. The highest BCUT2D eigenvalue weighted by molar-refractivity contribution is 5.91. The summed E-state index contributed by atoms with van der Waals surface area (Å²) in [4.78, 5) is 22.7. The lowest BCUT2D eigenvalue weighted by Crippen LogP contribution is -2.31. The van der Waals surface area contributed by atoms with E-state index < -0.39 is 17.3 Å². The largest absolute Gasteiger partial charge is 0.481 e. The minimum atomic E-state index is -0.867. The van der Waals surface area contributed by atoms with Crippen LogP contribution in [0.25, 0.3) is 0 Å². The number of rotatable bonds is 5. The Kier molecular flexibility index (Phi) is 3.61. The SMILES string of the molecule is CCC(C)CNC(=O)[C@H]1[C@@H](C(=O)O)C1(C)C. The number of amides is 1. The summed E-state index contributed by atoms with van der Waals surface area (Å²) in [6, 6.07) is 0. The Hall–Kier alpha value is -1.06. The molecule has 16 heavy (non-hydrogen) atoms. The zero-order valence-corrected chi connectivity index (χ0v) is 10.4. The van der Waals surface area contributed by atoms with E-state index in [0.717, 1.165) is 6.42 Å². The van der Waals surface area contributed by atoms with Crippen LogP contribution in [0.2, 0.25) is 0 Å². The van der Waals surface area contributed by atoms with Gasteiger partial charge in [0, 0.05) is 6.54 Å². The van der Waals surface area contributed by atoms with E-state index in [9.17, 15) is 9.59 Å². The Morgan fingerprint density at radius 2 is 1.94 bits per heavy atom. The van der Waals surface area contributed by atoms with Crippen LogP contribution in [0, 0.1) is 23.2 Å². The van der Waals surface area contributed by atoms with Crippen molar-refractivity contribution >= 4 is 11.9 Å². The fourth-order valence-corrected chi connectivity index (χ4v) is 2.12. The summed E-state index contributed by atoms with van der Waals surface area (Å²) in [6.45, 7) is 8.43. The number of aliphatic carboxylic acids is 1. The molecule has 1 rings (SSSR count). The van der Waals surface area contributed by atoms with Gasteiger partial charge in [-0.25, -0.2) is 0 Å². The molecule has 0 radical (unpaired) electrons. The predicted octanol–water partition coefficient (Wildman–Crippen LogP) is 1.51. The molecular formula is C12H21NO3. The van der Waals surface area contributed by atoms with E-state index in [-0.39, 0.29) is 11.8 Å². The van der Waals surface area contributed by atoms with Crippen LogP contribution in [0.4, 0.5) is 0 Å². The van der Waals surface area contributed by atoms with E-state index in [1.807, 2.05) is 13.8 Å². The molecule has 2 N–H and O–H groups in total. The van der Waals surface area contributed by atoms with Crippen LogP contribution in [0.15, 0.2) is 0 Å². The van der Waals surface area contributed by atoms with Crippen molar-refractivity contribution in [1.29, 1.82) is 0 Å². The van der Waals surface area contributed by atoms with Crippen LogP contribution in [0.3, 0.4) is 0 Å².